The molecule has 4 nitrogen and oxygen atoms in total. The fraction of sp³-hybridized carbons (Fsp3) is 0.923. The molecule has 2 N–H and O–H groups in total. The summed E-state index contributed by atoms with van der Waals surface area (Å²) in [6, 6.07) is 0.337. The lowest BCUT2D eigenvalue weighted by molar-refractivity contribution is -0.131. The molecule has 1 aliphatic heterocycles. The quantitative estimate of drug-likeness (QED) is 0.707. The summed E-state index contributed by atoms with van der Waals surface area (Å²) in [5.74, 6) is 0.247. The van der Waals surface area contributed by atoms with E-state index in [0.717, 1.165) is 38.9 Å². The van der Waals surface area contributed by atoms with Crippen LogP contribution >= 0.6 is 0 Å². The van der Waals surface area contributed by atoms with Crippen LogP contribution in [0.25, 0.3) is 0 Å². The first-order valence-corrected chi connectivity index (χ1v) is 6.85. The van der Waals surface area contributed by atoms with Crippen molar-refractivity contribution in [2.24, 2.45) is 5.73 Å². The van der Waals surface area contributed by atoms with E-state index in [1.807, 2.05) is 11.9 Å². The van der Waals surface area contributed by atoms with Crippen LogP contribution in [-0.4, -0.2) is 55.0 Å². The lowest BCUT2D eigenvalue weighted by atomic mass is 10.1. The molecule has 0 saturated carbocycles. The SMILES string of the molecule is CCCCCN(C)C(=O)CN1CCC(N)CC1. The highest BCUT2D eigenvalue weighted by molar-refractivity contribution is 5.77. The van der Waals surface area contributed by atoms with Crippen molar-refractivity contribution in [2.75, 3.05) is 33.2 Å². The van der Waals surface area contributed by atoms with Crippen LogP contribution in [0.4, 0.5) is 0 Å². The molecule has 0 aromatic carbocycles. The number of likely N-dealkylation sites (tertiary alicyclic amines) is 1. The third kappa shape index (κ3) is 5.50. The minimum absolute atomic E-state index is 0.247. The van der Waals surface area contributed by atoms with Crippen molar-refractivity contribution in [3.63, 3.8) is 0 Å². The van der Waals surface area contributed by atoms with E-state index in [2.05, 4.69) is 11.8 Å². The van der Waals surface area contributed by atoms with Crippen LogP contribution in [0.3, 0.4) is 0 Å². The number of piperidine rings is 1. The molecule has 100 valence electrons. The summed E-state index contributed by atoms with van der Waals surface area (Å²) in [4.78, 5) is 16.0. The fourth-order valence-electron chi connectivity index (χ4n) is 2.15. The van der Waals surface area contributed by atoms with Crippen molar-refractivity contribution >= 4 is 5.91 Å². The second-order valence-corrected chi connectivity index (χ2v) is 5.14. The van der Waals surface area contributed by atoms with E-state index < -0.39 is 0 Å². The Hall–Kier alpha value is -0.610. The maximum atomic E-state index is 11.9. The van der Waals surface area contributed by atoms with Gasteiger partial charge in [0, 0.05) is 32.7 Å². The first-order valence-electron chi connectivity index (χ1n) is 6.85. The normalized spacial score (nSPS) is 18.3. The predicted octanol–water partition coefficient (Wildman–Crippen LogP) is 1.06. The van der Waals surface area contributed by atoms with Gasteiger partial charge in [0.05, 0.1) is 6.54 Å². The van der Waals surface area contributed by atoms with Crippen LogP contribution in [0.15, 0.2) is 0 Å². The standard InChI is InChI=1S/C13H27N3O/c1-3-4-5-8-15(2)13(17)11-16-9-6-12(14)7-10-16/h12H,3-11,14H2,1-2H3. The summed E-state index contributed by atoms with van der Waals surface area (Å²) in [6.07, 6.45) is 5.56. The van der Waals surface area contributed by atoms with Crippen molar-refractivity contribution in [1.29, 1.82) is 0 Å². The Kier molecular flexibility index (Phi) is 6.52. The first kappa shape index (κ1) is 14.5. The Morgan fingerprint density at radius 2 is 2.00 bits per heavy atom. The summed E-state index contributed by atoms with van der Waals surface area (Å²) >= 11 is 0. The molecule has 1 heterocycles. The highest BCUT2D eigenvalue weighted by atomic mass is 16.2. The molecule has 0 aromatic heterocycles. The van der Waals surface area contributed by atoms with Gasteiger partial charge < -0.3 is 10.6 Å². The van der Waals surface area contributed by atoms with Gasteiger partial charge >= 0.3 is 0 Å². The molecule has 1 saturated heterocycles. The fourth-order valence-corrected chi connectivity index (χ4v) is 2.15. The summed E-state index contributed by atoms with van der Waals surface area (Å²) in [7, 11) is 1.91. The molecule has 1 amide bonds. The summed E-state index contributed by atoms with van der Waals surface area (Å²) < 4.78 is 0. The molecule has 0 aliphatic carbocycles. The first-order chi connectivity index (χ1) is 8.13. The Morgan fingerprint density at radius 1 is 1.35 bits per heavy atom. The zero-order chi connectivity index (χ0) is 12.7. The topological polar surface area (TPSA) is 49.6 Å². The number of amides is 1. The minimum Gasteiger partial charge on any atom is -0.345 e. The molecule has 4 heteroatoms. The second-order valence-electron chi connectivity index (χ2n) is 5.14. The average molecular weight is 241 g/mol. The van der Waals surface area contributed by atoms with Crippen LogP contribution < -0.4 is 5.73 Å². The van der Waals surface area contributed by atoms with Crippen molar-refractivity contribution < 1.29 is 4.79 Å². The van der Waals surface area contributed by atoms with Crippen LogP contribution in [0.5, 0.6) is 0 Å². The van der Waals surface area contributed by atoms with Crippen LogP contribution in [-0.2, 0) is 4.79 Å². The summed E-state index contributed by atoms with van der Waals surface area (Å²) in [5.41, 5.74) is 5.85. The van der Waals surface area contributed by atoms with E-state index in [9.17, 15) is 4.79 Å². The third-order valence-electron chi connectivity index (χ3n) is 3.51. The number of hydrogen-bond donors (Lipinski definition) is 1. The van der Waals surface area contributed by atoms with E-state index in [-0.39, 0.29) is 5.91 Å². The van der Waals surface area contributed by atoms with Crippen molar-refractivity contribution in [1.82, 2.24) is 9.80 Å². The van der Waals surface area contributed by atoms with Crippen molar-refractivity contribution in [3.05, 3.63) is 0 Å². The number of hydrogen-bond acceptors (Lipinski definition) is 3. The Labute approximate surface area is 105 Å². The zero-order valence-electron chi connectivity index (χ0n) is 11.3. The molecule has 17 heavy (non-hydrogen) atoms. The van der Waals surface area contributed by atoms with Crippen molar-refractivity contribution in [3.8, 4) is 0 Å². The van der Waals surface area contributed by atoms with Gasteiger partial charge in [-0.25, -0.2) is 0 Å². The van der Waals surface area contributed by atoms with Gasteiger partial charge in [0.15, 0.2) is 0 Å². The number of rotatable bonds is 6. The number of likely N-dealkylation sites (N-methyl/N-ethyl adjacent to an activating group) is 1. The van der Waals surface area contributed by atoms with Gasteiger partial charge in [-0.2, -0.15) is 0 Å². The Balaban J connectivity index is 2.19. The van der Waals surface area contributed by atoms with E-state index in [0.29, 0.717) is 12.6 Å². The number of nitrogens with two attached hydrogens (primary N) is 1. The zero-order valence-corrected chi connectivity index (χ0v) is 11.3. The molecule has 0 bridgehead atoms. The number of carbonyl (C=O) groups excluding carboxylic acids is 1. The smallest absolute Gasteiger partial charge is 0.236 e. The molecule has 1 rings (SSSR count). The largest absolute Gasteiger partial charge is 0.345 e. The van der Waals surface area contributed by atoms with E-state index in [4.69, 9.17) is 5.73 Å². The lowest BCUT2D eigenvalue weighted by Gasteiger charge is -2.30. The van der Waals surface area contributed by atoms with Gasteiger partial charge in [0.2, 0.25) is 5.91 Å². The molecule has 0 unspecified atom stereocenters. The second kappa shape index (κ2) is 7.67. The van der Waals surface area contributed by atoms with Gasteiger partial charge in [0.25, 0.3) is 0 Å². The molecular weight excluding hydrogens is 214 g/mol. The molecule has 0 spiro atoms. The number of nitrogens with zero attached hydrogens (tertiary/aromatic N) is 2. The van der Waals surface area contributed by atoms with Crippen LogP contribution in [0.1, 0.15) is 39.0 Å². The molecule has 0 radical (unpaired) electrons. The average Bonchev–Trinajstić information content (AvgIpc) is 2.32. The summed E-state index contributed by atoms with van der Waals surface area (Å²) in [6.45, 7) is 5.57. The van der Waals surface area contributed by atoms with Gasteiger partial charge in [-0.1, -0.05) is 19.8 Å². The molecule has 1 fully saturated rings. The number of unbranched alkanes of at least 4 members (excludes halogenated alkanes) is 2. The monoisotopic (exact) mass is 241 g/mol. The molecule has 0 atom stereocenters. The third-order valence-corrected chi connectivity index (χ3v) is 3.51. The van der Waals surface area contributed by atoms with Gasteiger partial charge in [-0.05, 0) is 19.3 Å². The van der Waals surface area contributed by atoms with Gasteiger partial charge in [0.1, 0.15) is 0 Å². The van der Waals surface area contributed by atoms with E-state index in [1.165, 1.54) is 12.8 Å². The highest BCUT2D eigenvalue weighted by Crippen LogP contribution is 2.08. The lowest BCUT2D eigenvalue weighted by Crippen LogP contribution is -2.45. The maximum absolute atomic E-state index is 11.9. The Bertz CT molecular complexity index is 225. The minimum atomic E-state index is 0.247. The highest BCUT2D eigenvalue weighted by Gasteiger charge is 2.19. The van der Waals surface area contributed by atoms with E-state index >= 15 is 0 Å². The molecule has 0 aromatic rings. The predicted molar refractivity (Wildman–Crippen MR) is 70.8 cm³/mol. The van der Waals surface area contributed by atoms with Crippen LogP contribution in [0, 0.1) is 0 Å². The Morgan fingerprint density at radius 3 is 2.59 bits per heavy atom. The maximum Gasteiger partial charge on any atom is 0.236 e. The van der Waals surface area contributed by atoms with Crippen molar-refractivity contribution in [2.45, 2.75) is 45.1 Å². The van der Waals surface area contributed by atoms with Gasteiger partial charge in [-0.15, -0.1) is 0 Å². The van der Waals surface area contributed by atoms with Gasteiger partial charge in [-0.3, -0.25) is 9.69 Å². The van der Waals surface area contributed by atoms with E-state index in [1.54, 1.807) is 0 Å². The van der Waals surface area contributed by atoms with Crippen LogP contribution in [0.2, 0.25) is 0 Å². The number of carbonyl (C=O) groups is 1. The molecular formula is C13H27N3O. The summed E-state index contributed by atoms with van der Waals surface area (Å²) in [5, 5.41) is 0. The molecule has 1 aliphatic rings.